The van der Waals surface area contributed by atoms with E-state index >= 15 is 0 Å². The zero-order valence-corrected chi connectivity index (χ0v) is 9.75. The fourth-order valence-electron chi connectivity index (χ4n) is 2.06. The molecule has 1 aromatic rings. The molecule has 2 rings (SSSR count). The molecule has 1 aliphatic carbocycles. The molecular formula is C13H19NO. The van der Waals surface area contributed by atoms with Crippen molar-refractivity contribution in [1.82, 2.24) is 4.98 Å². The summed E-state index contributed by atoms with van der Waals surface area (Å²) in [6, 6.07) is 2.08. The Labute approximate surface area is 91.4 Å². The second-order valence-corrected chi connectivity index (χ2v) is 5.50. The van der Waals surface area contributed by atoms with E-state index in [1.54, 1.807) is 0 Å². The Balaban J connectivity index is 2.31. The molecule has 0 fully saturated rings. The molecular weight excluding hydrogens is 186 g/mol. The normalized spacial score (nSPS) is 17.6. The molecule has 2 nitrogen and oxygen atoms in total. The van der Waals surface area contributed by atoms with Gasteiger partial charge >= 0.3 is 0 Å². The Morgan fingerprint density at radius 2 is 1.93 bits per heavy atom. The molecule has 0 amide bonds. The number of aliphatic hydroxyl groups excluding tert-OH is 1. The van der Waals surface area contributed by atoms with E-state index in [9.17, 15) is 5.11 Å². The van der Waals surface area contributed by atoms with Crippen LogP contribution in [-0.2, 0) is 12.8 Å². The van der Waals surface area contributed by atoms with Gasteiger partial charge in [-0.15, -0.1) is 0 Å². The maximum absolute atomic E-state index is 10.1. The van der Waals surface area contributed by atoms with E-state index in [-0.39, 0.29) is 5.41 Å². The summed E-state index contributed by atoms with van der Waals surface area (Å²) in [5.74, 6) is 0. The number of nitrogens with zero attached hydrogens (tertiary/aromatic N) is 1. The molecule has 0 bridgehead atoms. The third kappa shape index (κ3) is 2.05. The molecule has 1 unspecified atom stereocenters. The van der Waals surface area contributed by atoms with Crippen LogP contribution in [0.4, 0.5) is 0 Å². The quantitative estimate of drug-likeness (QED) is 0.764. The van der Waals surface area contributed by atoms with Gasteiger partial charge in [-0.25, -0.2) is 0 Å². The lowest BCUT2D eigenvalue weighted by molar-refractivity contribution is 0.0588. The molecule has 0 spiro atoms. The van der Waals surface area contributed by atoms with Gasteiger partial charge in [-0.3, -0.25) is 4.98 Å². The Kier molecular flexibility index (Phi) is 2.55. The first-order valence-electron chi connectivity index (χ1n) is 5.64. The highest BCUT2D eigenvalue weighted by Gasteiger charge is 2.26. The first-order valence-corrected chi connectivity index (χ1v) is 5.64. The first-order chi connectivity index (χ1) is 6.98. The van der Waals surface area contributed by atoms with Gasteiger partial charge in [0.1, 0.15) is 6.10 Å². The number of aryl methyl sites for hydroxylation is 2. The third-order valence-electron chi connectivity index (χ3n) is 3.10. The number of aliphatic hydroxyl groups is 1. The average molecular weight is 205 g/mol. The van der Waals surface area contributed by atoms with Gasteiger partial charge < -0.3 is 5.11 Å². The van der Waals surface area contributed by atoms with Crippen molar-refractivity contribution in [2.24, 2.45) is 5.41 Å². The van der Waals surface area contributed by atoms with Gasteiger partial charge in [-0.1, -0.05) is 20.8 Å². The number of fused-ring (bicyclic) bond motifs is 1. The van der Waals surface area contributed by atoms with Crippen LogP contribution in [0.1, 0.15) is 50.1 Å². The van der Waals surface area contributed by atoms with Crippen molar-refractivity contribution >= 4 is 0 Å². The second kappa shape index (κ2) is 3.60. The predicted molar refractivity (Wildman–Crippen MR) is 60.7 cm³/mol. The Hall–Kier alpha value is -0.890. The van der Waals surface area contributed by atoms with Crippen LogP contribution < -0.4 is 0 Å². The van der Waals surface area contributed by atoms with Crippen LogP contribution in [0.15, 0.2) is 12.3 Å². The van der Waals surface area contributed by atoms with E-state index in [0.717, 1.165) is 18.5 Å². The molecule has 0 aliphatic heterocycles. The van der Waals surface area contributed by atoms with Crippen molar-refractivity contribution in [3.05, 3.63) is 29.1 Å². The highest BCUT2D eigenvalue weighted by atomic mass is 16.3. The van der Waals surface area contributed by atoms with Gasteiger partial charge in [-0.05, 0) is 41.9 Å². The Morgan fingerprint density at radius 3 is 2.60 bits per heavy atom. The molecule has 1 atom stereocenters. The van der Waals surface area contributed by atoms with Crippen molar-refractivity contribution in [3.63, 3.8) is 0 Å². The van der Waals surface area contributed by atoms with Crippen LogP contribution in [0.3, 0.4) is 0 Å². The number of rotatable bonds is 1. The number of pyridine rings is 1. The summed E-state index contributed by atoms with van der Waals surface area (Å²) in [6.45, 7) is 6.10. The topological polar surface area (TPSA) is 33.1 Å². The molecule has 1 N–H and O–H groups in total. The highest BCUT2D eigenvalue weighted by Crippen LogP contribution is 2.33. The van der Waals surface area contributed by atoms with Crippen LogP contribution in [-0.4, -0.2) is 10.1 Å². The monoisotopic (exact) mass is 205 g/mol. The maximum Gasteiger partial charge on any atom is 0.101 e. The highest BCUT2D eigenvalue weighted by molar-refractivity contribution is 5.31. The van der Waals surface area contributed by atoms with Crippen molar-refractivity contribution in [3.8, 4) is 0 Å². The van der Waals surface area contributed by atoms with Crippen LogP contribution in [0.5, 0.6) is 0 Å². The zero-order chi connectivity index (χ0) is 11.1. The fraction of sp³-hybridized carbons (Fsp3) is 0.615. The smallest absolute Gasteiger partial charge is 0.101 e. The van der Waals surface area contributed by atoms with Crippen LogP contribution in [0.2, 0.25) is 0 Å². The van der Waals surface area contributed by atoms with E-state index in [1.165, 1.54) is 17.5 Å². The summed E-state index contributed by atoms with van der Waals surface area (Å²) >= 11 is 0. The molecule has 0 saturated heterocycles. The lowest BCUT2D eigenvalue weighted by Crippen LogP contribution is -2.19. The van der Waals surface area contributed by atoms with E-state index in [2.05, 4.69) is 11.1 Å². The molecule has 1 heterocycles. The predicted octanol–water partition coefficient (Wildman–Crippen LogP) is 2.65. The van der Waals surface area contributed by atoms with Gasteiger partial charge in [-0.2, -0.15) is 0 Å². The van der Waals surface area contributed by atoms with Gasteiger partial charge in [0.25, 0.3) is 0 Å². The molecule has 1 aromatic heterocycles. The van der Waals surface area contributed by atoms with Gasteiger partial charge in [0.2, 0.25) is 0 Å². The first kappa shape index (κ1) is 10.6. The average Bonchev–Trinajstić information content (AvgIpc) is 2.61. The van der Waals surface area contributed by atoms with E-state index in [1.807, 2.05) is 27.0 Å². The molecule has 82 valence electrons. The molecule has 2 heteroatoms. The van der Waals surface area contributed by atoms with E-state index in [4.69, 9.17) is 0 Å². The minimum atomic E-state index is -0.469. The van der Waals surface area contributed by atoms with Crippen molar-refractivity contribution in [2.75, 3.05) is 0 Å². The molecule has 0 radical (unpaired) electrons. The van der Waals surface area contributed by atoms with Crippen molar-refractivity contribution in [1.29, 1.82) is 0 Å². The van der Waals surface area contributed by atoms with E-state index in [0.29, 0.717) is 0 Å². The molecule has 0 saturated carbocycles. The summed E-state index contributed by atoms with van der Waals surface area (Å²) in [5, 5.41) is 10.1. The van der Waals surface area contributed by atoms with Gasteiger partial charge in [0, 0.05) is 6.20 Å². The number of hydrogen-bond acceptors (Lipinski definition) is 2. The fourth-order valence-corrected chi connectivity index (χ4v) is 2.06. The summed E-state index contributed by atoms with van der Waals surface area (Å²) in [6.07, 6.45) is 4.98. The summed E-state index contributed by atoms with van der Waals surface area (Å²) < 4.78 is 0. The lowest BCUT2D eigenvalue weighted by Gasteiger charge is -2.25. The van der Waals surface area contributed by atoms with Crippen LogP contribution in [0, 0.1) is 5.41 Å². The largest absolute Gasteiger partial charge is 0.386 e. The van der Waals surface area contributed by atoms with Gasteiger partial charge in [0.15, 0.2) is 0 Å². The van der Waals surface area contributed by atoms with Gasteiger partial charge in [0.05, 0.1) is 5.69 Å². The lowest BCUT2D eigenvalue weighted by atomic mass is 9.86. The third-order valence-corrected chi connectivity index (χ3v) is 3.10. The van der Waals surface area contributed by atoms with Crippen molar-refractivity contribution in [2.45, 2.75) is 46.1 Å². The minimum Gasteiger partial charge on any atom is -0.386 e. The molecule has 15 heavy (non-hydrogen) atoms. The van der Waals surface area contributed by atoms with Crippen molar-refractivity contribution < 1.29 is 5.11 Å². The number of hydrogen-bond donors (Lipinski definition) is 1. The standard InChI is InChI=1S/C13H19NO/c1-13(2,3)12(15)11-7-9-5-4-6-10(9)8-14-11/h7-8,12,15H,4-6H2,1-3H3. The minimum absolute atomic E-state index is 0.139. The Bertz CT molecular complexity index is 365. The summed E-state index contributed by atoms with van der Waals surface area (Å²) in [4.78, 5) is 4.37. The second-order valence-electron chi connectivity index (χ2n) is 5.50. The number of aromatic nitrogens is 1. The SMILES string of the molecule is CC(C)(C)C(O)c1cc2c(cn1)CCC2. The summed E-state index contributed by atoms with van der Waals surface area (Å²) in [5.41, 5.74) is 3.42. The molecule has 1 aliphatic rings. The Morgan fingerprint density at radius 1 is 1.27 bits per heavy atom. The molecule has 0 aromatic carbocycles. The maximum atomic E-state index is 10.1. The van der Waals surface area contributed by atoms with Crippen LogP contribution in [0.25, 0.3) is 0 Å². The van der Waals surface area contributed by atoms with Crippen LogP contribution >= 0.6 is 0 Å². The zero-order valence-electron chi connectivity index (χ0n) is 9.75. The van der Waals surface area contributed by atoms with E-state index < -0.39 is 6.10 Å². The summed E-state index contributed by atoms with van der Waals surface area (Å²) in [7, 11) is 0.